The van der Waals surface area contributed by atoms with Crippen LogP contribution >= 0.6 is 0 Å². The second-order valence-electron chi connectivity index (χ2n) is 8.37. The maximum Gasteiger partial charge on any atom is 0.407 e. The van der Waals surface area contributed by atoms with Gasteiger partial charge < -0.3 is 26.2 Å². The van der Waals surface area contributed by atoms with Crippen molar-refractivity contribution in [1.82, 2.24) is 10.2 Å². The summed E-state index contributed by atoms with van der Waals surface area (Å²) in [7, 11) is 0. The molecular formula is C23H31N3O4. The van der Waals surface area contributed by atoms with Crippen LogP contribution in [0, 0.1) is 13.8 Å². The van der Waals surface area contributed by atoms with Gasteiger partial charge in [0.1, 0.15) is 5.75 Å². The van der Waals surface area contributed by atoms with Crippen LogP contribution < -0.4 is 11.1 Å². The van der Waals surface area contributed by atoms with Gasteiger partial charge in [0.05, 0.1) is 11.6 Å². The third kappa shape index (κ3) is 6.49. The van der Waals surface area contributed by atoms with Gasteiger partial charge in [-0.05, 0) is 68.5 Å². The Morgan fingerprint density at radius 3 is 2.23 bits per heavy atom. The highest BCUT2D eigenvalue weighted by Gasteiger charge is 2.29. The van der Waals surface area contributed by atoms with Gasteiger partial charge >= 0.3 is 6.09 Å². The van der Waals surface area contributed by atoms with E-state index in [-0.39, 0.29) is 24.7 Å². The van der Waals surface area contributed by atoms with E-state index in [0.29, 0.717) is 6.42 Å². The molecule has 0 fully saturated rings. The number of carbonyl (C=O) groups is 2. The summed E-state index contributed by atoms with van der Waals surface area (Å²) in [6.07, 6.45) is -0.729. The lowest BCUT2D eigenvalue weighted by Gasteiger charge is -2.33. The molecular weight excluding hydrogens is 382 g/mol. The van der Waals surface area contributed by atoms with Crippen LogP contribution in [0.15, 0.2) is 42.5 Å². The first kappa shape index (κ1) is 23.2. The average molecular weight is 414 g/mol. The molecule has 0 aliphatic carbocycles. The molecule has 1 atom stereocenters. The fraction of sp³-hybridized carbons (Fsp3) is 0.391. The van der Waals surface area contributed by atoms with Crippen molar-refractivity contribution in [3.8, 4) is 5.75 Å². The van der Waals surface area contributed by atoms with E-state index in [1.54, 1.807) is 26.0 Å². The Balaban J connectivity index is 2.03. The van der Waals surface area contributed by atoms with Crippen LogP contribution in [0.4, 0.5) is 4.79 Å². The first-order valence-electron chi connectivity index (χ1n) is 9.87. The molecule has 0 spiro atoms. The van der Waals surface area contributed by atoms with Gasteiger partial charge in [0.2, 0.25) is 5.91 Å². The Bertz CT molecular complexity index is 874. The number of nitrogens with two attached hydrogens (primary N) is 1. The van der Waals surface area contributed by atoms with Gasteiger partial charge in [-0.3, -0.25) is 4.79 Å². The monoisotopic (exact) mass is 413 g/mol. The van der Waals surface area contributed by atoms with Gasteiger partial charge in [-0.2, -0.15) is 0 Å². The molecule has 30 heavy (non-hydrogen) atoms. The van der Waals surface area contributed by atoms with Crippen molar-refractivity contribution < 1.29 is 19.8 Å². The fourth-order valence-electron chi connectivity index (χ4n) is 3.54. The lowest BCUT2D eigenvalue weighted by atomic mass is 9.95. The molecule has 0 unspecified atom stereocenters. The average Bonchev–Trinajstić information content (AvgIpc) is 2.64. The minimum absolute atomic E-state index is 0.118. The van der Waals surface area contributed by atoms with Gasteiger partial charge in [0, 0.05) is 13.1 Å². The Morgan fingerprint density at radius 1 is 1.13 bits per heavy atom. The predicted molar refractivity (Wildman–Crippen MR) is 116 cm³/mol. The molecule has 0 saturated heterocycles. The number of aryl methyl sites for hydroxylation is 2. The van der Waals surface area contributed by atoms with Crippen LogP contribution in [-0.4, -0.2) is 45.2 Å². The van der Waals surface area contributed by atoms with Crippen molar-refractivity contribution in [3.63, 3.8) is 0 Å². The van der Waals surface area contributed by atoms with Crippen molar-refractivity contribution >= 4 is 12.0 Å². The summed E-state index contributed by atoms with van der Waals surface area (Å²) in [4.78, 5) is 25.7. The molecule has 2 aromatic rings. The molecule has 7 heteroatoms. The summed E-state index contributed by atoms with van der Waals surface area (Å²) < 4.78 is 0. The summed E-state index contributed by atoms with van der Waals surface area (Å²) in [6.45, 7) is 7.63. The molecule has 0 bridgehead atoms. The normalized spacial score (nSPS) is 12.3. The van der Waals surface area contributed by atoms with E-state index in [4.69, 9.17) is 5.73 Å². The van der Waals surface area contributed by atoms with E-state index < -0.39 is 17.7 Å². The summed E-state index contributed by atoms with van der Waals surface area (Å²) >= 11 is 0. The number of amides is 2. The molecule has 2 amide bonds. The van der Waals surface area contributed by atoms with Crippen LogP contribution in [0.25, 0.3) is 0 Å². The summed E-state index contributed by atoms with van der Waals surface area (Å²) in [5.41, 5.74) is 8.87. The van der Waals surface area contributed by atoms with Crippen molar-refractivity contribution in [1.29, 1.82) is 0 Å². The molecule has 0 saturated carbocycles. The summed E-state index contributed by atoms with van der Waals surface area (Å²) in [5.74, 6) is -0.169. The Labute approximate surface area is 177 Å². The standard InChI is InChI=1S/C23H31N3O4/c1-15-10-18(27)11-16(2)19(15)12-20(24)21(28)25-23(3,4)14-26(22(29)30)13-17-8-6-5-7-9-17/h5-11,20,27H,12-14,24H2,1-4H3,(H,25,28)(H,29,30)/t20-/m0/s1. The largest absolute Gasteiger partial charge is 0.508 e. The molecule has 0 aliphatic rings. The topological polar surface area (TPSA) is 116 Å². The number of nitrogens with one attached hydrogen (secondary N) is 1. The van der Waals surface area contributed by atoms with Gasteiger partial charge in [0.25, 0.3) is 0 Å². The van der Waals surface area contributed by atoms with Crippen LogP contribution in [0.3, 0.4) is 0 Å². The first-order chi connectivity index (χ1) is 14.0. The lowest BCUT2D eigenvalue weighted by Crippen LogP contribution is -2.56. The second-order valence-corrected chi connectivity index (χ2v) is 8.37. The number of phenols is 1. The zero-order valence-electron chi connectivity index (χ0n) is 18.0. The van der Waals surface area contributed by atoms with E-state index in [1.807, 2.05) is 44.2 Å². The Kier molecular flexibility index (Phi) is 7.45. The number of nitrogens with zero attached hydrogens (tertiary/aromatic N) is 1. The molecule has 7 nitrogen and oxygen atoms in total. The van der Waals surface area contributed by atoms with E-state index in [1.165, 1.54) is 4.90 Å². The molecule has 0 aliphatic heterocycles. The van der Waals surface area contributed by atoms with Crippen molar-refractivity contribution in [3.05, 3.63) is 64.7 Å². The number of hydrogen-bond donors (Lipinski definition) is 4. The fourth-order valence-corrected chi connectivity index (χ4v) is 3.54. The second kappa shape index (κ2) is 9.63. The number of hydrogen-bond acceptors (Lipinski definition) is 4. The van der Waals surface area contributed by atoms with Crippen LogP contribution in [0.1, 0.15) is 36.1 Å². The third-order valence-corrected chi connectivity index (χ3v) is 4.98. The van der Waals surface area contributed by atoms with E-state index in [2.05, 4.69) is 5.32 Å². The first-order valence-corrected chi connectivity index (χ1v) is 9.87. The van der Waals surface area contributed by atoms with E-state index in [9.17, 15) is 19.8 Å². The zero-order chi connectivity index (χ0) is 22.5. The molecule has 0 aromatic heterocycles. The Hall–Kier alpha value is -3.06. The highest BCUT2D eigenvalue weighted by atomic mass is 16.4. The van der Waals surface area contributed by atoms with Crippen LogP contribution in [-0.2, 0) is 17.8 Å². The Morgan fingerprint density at radius 2 is 1.70 bits per heavy atom. The number of aromatic hydroxyl groups is 1. The minimum Gasteiger partial charge on any atom is -0.508 e. The summed E-state index contributed by atoms with van der Waals surface area (Å²) in [6, 6.07) is 11.8. The van der Waals surface area contributed by atoms with E-state index in [0.717, 1.165) is 22.3 Å². The predicted octanol–water partition coefficient (Wildman–Crippen LogP) is 2.95. The maximum absolute atomic E-state index is 12.7. The summed E-state index contributed by atoms with van der Waals surface area (Å²) in [5, 5.41) is 22.2. The van der Waals surface area contributed by atoms with Gasteiger partial charge in [0.15, 0.2) is 0 Å². The number of benzene rings is 2. The van der Waals surface area contributed by atoms with Crippen molar-refractivity contribution in [2.45, 2.75) is 52.2 Å². The van der Waals surface area contributed by atoms with Gasteiger partial charge in [-0.15, -0.1) is 0 Å². The molecule has 0 radical (unpaired) electrons. The molecule has 0 heterocycles. The quantitative estimate of drug-likeness (QED) is 0.531. The number of rotatable bonds is 8. The lowest BCUT2D eigenvalue weighted by molar-refractivity contribution is -0.124. The van der Waals surface area contributed by atoms with Gasteiger partial charge in [-0.25, -0.2) is 4.79 Å². The zero-order valence-corrected chi connectivity index (χ0v) is 18.0. The van der Waals surface area contributed by atoms with Gasteiger partial charge in [-0.1, -0.05) is 30.3 Å². The SMILES string of the molecule is Cc1cc(O)cc(C)c1C[C@H](N)C(=O)NC(C)(C)CN(Cc1ccccc1)C(=O)O. The highest BCUT2D eigenvalue weighted by Crippen LogP contribution is 2.22. The maximum atomic E-state index is 12.7. The third-order valence-electron chi connectivity index (χ3n) is 4.98. The smallest absolute Gasteiger partial charge is 0.407 e. The minimum atomic E-state index is -1.05. The number of phenolic OH excluding ortho intramolecular Hbond substituents is 1. The van der Waals surface area contributed by atoms with Crippen LogP contribution in [0.5, 0.6) is 5.75 Å². The molecule has 2 aromatic carbocycles. The highest BCUT2D eigenvalue weighted by molar-refractivity contribution is 5.82. The van der Waals surface area contributed by atoms with Crippen molar-refractivity contribution in [2.24, 2.45) is 5.73 Å². The molecule has 5 N–H and O–H groups in total. The molecule has 162 valence electrons. The number of carboxylic acid groups (broad SMARTS) is 1. The van der Waals surface area contributed by atoms with Crippen molar-refractivity contribution in [2.75, 3.05) is 6.54 Å². The van der Waals surface area contributed by atoms with E-state index >= 15 is 0 Å². The van der Waals surface area contributed by atoms with Crippen LogP contribution in [0.2, 0.25) is 0 Å². The molecule has 2 rings (SSSR count). The number of carbonyl (C=O) groups excluding carboxylic acids is 1.